The lowest BCUT2D eigenvalue weighted by molar-refractivity contribution is 1.05. The van der Waals surface area contributed by atoms with E-state index in [1.807, 2.05) is 0 Å². The Kier molecular flexibility index (Phi) is 3.86. The van der Waals surface area contributed by atoms with E-state index in [4.69, 9.17) is 0 Å². The molecule has 2 rings (SSSR count). The van der Waals surface area contributed by atoms with E-state index in [0.29, 0.717) is 0 Å². The Morgan fingerprint density at radius 1 is 0.722 bits per heavy atom. The molecule has 2 aromatic carbocycles. The van der Waals surface area contributed by atoms with Gasteiger partial charge in [0.15, 0.2) is 0 Å². The van der Waals surface area contributed by atoms with Crippen molar-refractivity contribution in [1.82, 2.24) is 0 Å². The normalized spacial score (nSPS) is 10.7. The van der Waals surface area contributed by atoms with Crippen LogP contribution in [0.25, 0.3) is 11.1 Å². The van der Waals surface area contributed by atoms with E-state index in [9.17, 15) is 0 Å². The number of hydrogen-bond donors (Lipinski definition) is 0. The van der Waals surface area contributed by atoms with E-state index < -0.39 is 0 Å². The molecule has 0 atom stereocenters. The van der Waals surface area contributed by atoms with Crippen LogP contribution < -0.4 is 0 Å². The van der Waals surface area contributed by atoms with Crippen LogP contribution in [0.5, 0.6) is 0 Å². The first-order valence-corrected chi connectivity index (χ1v) is 6.85. The molecule has 0 bridgehead atoms. The van der Waals surface area contributed by atoms with Crippen molar-refractivity contribution in [3.05, 3.63) is 58.7 Å². The van der Waals surface area contributed by atoms with E-state index in [1.165, 1.54) is 33.4 Å². The van der Waals surface area contributed by atoms with Gasteiger partial charge in [-0.3, -0.25) is 0 Å². The molecule has 0 radical (unpaired) electrons. The van der Waals surface area contributed by atoms with Crippen molar-refractivity contribution >= 4 is 0 Å². The van der Waals surface area contributed by atoms with Gasteiger partial charge >= 0.3 is 0 Å². The summed E-state index contributed by atoms with van der Waals surface area (Å²) < 4.78 is 0. The summed E-state index contributed by atoms with van der Waals surface area (Å²) in [5.74, 6) is 0. The Hall–Kier alpha value is -1.56. The van der Waals surface area contributed by atoms with Crippen LogP contribution in [0.15, 0.2) is 36.4 Å². The first-order chi connectivity index (χ1) is 8.65. The molecule has 18 heavy (non-hydrogen) atoms. The zero-order chi connectivity index (χ0) is 13.1. The number of hydrogen-bond acceptors (Lipinski definition) is 0. The summed E-state index contributed by atoms with van der Waals surface area (Å²) in [4.78, 5) is 0. The summed E-state index contributed by atoms with van der Waals surface area (Å²) in [6.07, 6.45) is 2.22. The average molecular weight is 238 g/mol. The molecule has 94 valence electrons. The Bertz CT molecular complexity index is 507. The zero-order valence-electron chi connectivity index (χ0n) is 11.9. The molecular formula is C18H22. The van der Waals surface area contributed by atoms with Crippen LogP contribution in [-0.2, 0) is 12.8 Å². The predicted molar refractivity (Wildman–Crippen MR) is 80.1 cm³/mol. The van der Waals surface area contributed by atoms with E-state index >= 15 is 0 Å². The third kappa shape index (κ3) is 2.48. The Labute approximate surface area is 111 Å². The average Bonchev–Trinajstić information content (AvgIpc) is 2.40. The highest BCUT2D eigenvalue weighted by atomic mass is 14.1. The highest BCUT2D eigenvalue weighted by Crippen LogP contribution is 2.26. The van der Waals surface area contributed by atoms with Crippen LogP contribution in [-0.4, -0.2) is 0 Å². The molecule has 0 heteroatoms. The van der Waals surface area contributed by atoms with Gasteiger partial charge in [-0.25, -0.2) is 0 Å². The maximum absolute atomic E-state index is 2.35. The number of benzene rings is 2. The first kappa shape index (κ1) is 12.9. The van der Waals surface area contributed by atoms with Crippen LogP contribution in [0, 0.1) is 13.8 Å². The monoisotopic (exact) mass is 238 g/mol. The minimum absolute atomic E-state index is 1.11. The Balaban J connectivity index is 2.54. The van der Waals surface area contributed by atoms with Gasteiger partial charge in [-0.1, -0.05) is 55.8 Å². The third-order valence-corrected chi connectivity index (χ3v) is 3.77. The fourth-order valence-corrected chi connectivity index (χ4v) is 2.49. The van der Waals surface area contributed by atoms with Crippen LogP contribution in [0.3, 0.4) is 0 Å². The summed E-state index contributed by atoms with van der Waals surface area (Å²) in [7, 11) is 0. The van der Waals surface area contributed by atoms with E-state index in [-0.39, 0.29) is 0 Å². The molecule has 0 aliphatic carbocycles. The molecule has 0 aliphatic heterocycles. The largest absolute Gasteiger partial charge is 0.0613 e. The van der Waals surface area contributed by atoms with Crippen molar-refractivity contribution in [2.75, 3.05) is 0 Å². The van der Waals surface area contributed by atoms with E-state index in [1.54, 1.807) is 0 Å². The Morgan fingerprint density at radius 2 is 1.22 bits per heavy atom. The van der Waals surface area contributed by atoms with Crippen molar-refractivity contribution in [1.29, 1.82) is 0 Å². The van der Waals surface area contributed by atoms with Gasteiger partial charge in [-0.05, 0) is 54.5 Å². The maximum Gasteiger partial charge on any atom is -0.0178 e. The number of rotatable bonds is 3. The molecule has 0 amide bonds. The second-order valence-corrected chi connectivity index (χ2v) is 4.99. The van der Waals surface area contributed by atoms with E-state index in [2.05, 4.69) is 64.1 Å². The summed E-state index contributed by atoms with van der Waals surface area (Å²) in [6, 6.07) is 13.5. The first-order valence-electron chi connectivity index (χ1n) is 6.85. The molecule has 0 saturated heterocycles. The van der Waals surface area contributed by atoms with E-state index in [0.717, 1.165) is 12.8 Å². The fraction of sp³-hybridized carbons (Fsp3) is 0.333. The molecule has 0 N–H and O–H groups in total. The van der Waals surface area contributed by atoms with Gasteiger partial charge in [0.25, 0.3) is 0 Å². The lowest BCUT2D eigenvalue weighted by Crippen LogP contribution is -1.95. The second-order valence-electron chi connectivity index (χ2n) is 4.99. The lowest BCUT2D eigenvalue weighted by Gasteiger charge is -2.13. The van der Waals surface area contributed by atoms with Gasteiger partial charge < -0.3 is 0 Å². The van der Waals surface area contributed by atoms with Crippen molar-refractivity contribution in [2.24, 2.45) is 0 Å². The molecule has 0 spiro atoms. The minimum Gasteiger partial charge on any atom is -0.0613 e. The van der Waals surface area contributed by atoms with Crippen LogP contribution in [0.2, 0.25) is 0 Å². The standard InChI is InChI=1S/C18H22/c1-5-15-11-18(12-16(6-2)14(15)4)17-9-7-13(3)8-10-17/h7-12H,5-6H2,1-4H3. The summed E-state index contributed by atoms with van der Waals surface area (Å²) >= 11 is 0. The van der Waals surface area contributed by atoms with Crippen molar-refractivity contribution in [3.8, 4) is 11.1 Å². The summed E-state index contributed by atoms with van der Waals surface area (Å²) in [5, 5.41) is 0. The zero-order valence-corrected chi connectivity index (χ0v) is 11.9. The second kappa shape index (κ2) is 5.39. The molecule has 0 unspecified atom stereocenters. The highest BCUT2D eigenvalue weighted by molar-refractivity contribution is 5.66. The van der Waals surface area contributed by atoms with Gasteiger partial charge in [0, 0.05) is 0 Å². The highest BCUT2D eigenvalue weighted by Gasteiger charge is 2.06. The summed E-state index contributed by atoms with van der Waals surface area (Å²) in [6.45, 7) is 8.85. The van der Waals surface area contributed by atoms with Crippen LogP contribution in [0.1, 0.15) is 36.1 Å². The molecule has 0 saturated carbocycles. The molecule has 0 aliphatic rings. The van der Waals surface area contributed by atoms with Crippen molar-refractivity contribution in [2.45, 2.75) is 40.5 Å². The molecule has 0 aromatic heterocycles. The third-order valence-electron chi connectivity index (χ3n) is 3.77. The molecule has 2 aromatic rings. The molecular weight excluding hydrogens is 216 g/mol. The smallest absolute Gasteiger partial charge is 0.0178 e. The summed E-state index contributed by atoms with van der Waals surface area (Å²) in [5.41, 5.74) is 8.42. The Morgan fingerprint density at radius 3 is 1.67 bits per heavy atom. The van der Waals surface area contributed by atoms with Crippen LogP contribution in [0.4, 0.5) is 0 Å². The maximum atomic E-state index is 2.35. The predicted octanol–water partition coefficient (Wildman–Crippen LogP) is 5.10. The molecule has 0 nitrogen and oxygen atoms in total. The quantitative estimate of drug-likeness (QED) is 0.698. The molecule has 0 fully saturated rings. The van der Waals surface area contributed by atoms with Gasteiger partial charge in [0.2, 0.25) is 0 Å². The van der Waals surface area contributed by atoms with Gasteiger partial charge in [-0.2, -0.15) is 0 Å². The minimum atomic E-state index is 1.11. The van der Waals surface area contributed by atoms with Gasteiger partial charge in [-0.15, -0.1) is 0 Å². The van der Waals surface area contributed by atoms with Crippen molar-refractivity contribution < 1.29 is 0 Å². The van der Waals surface area contributed by atoms with Crippen LogP contribution >= 0.6 is 0 Å². The number of aryl methyl sites for hydroxylation is 3. The van der Waals surface area contributed by atoms with Crippen molar-refractivity contribution in [3.63, 3.8) is 0 Å². The SMILES string of the molecule is CCc1cc(-c2ccc(C)cc2)cc(CC)c1C. The van der Waals surface area contributed by atoms with Gasteiger partial charge in [0.05, 0.1) is 0 Å². The lowest BCUT2D eigenvalue weighted by atomic mass is 9.92. The fourth-order valence-electron chi connectivity index (χ4n) is 2.49. The molecule has 0 heterocycles. The topological polar surface area (TPSA) is 0 Å². The van der Waals surface area contributed by atoms with Gasteiger partial charge in [0.1, 0.15) is 0 Å².